The van der Waals surface area contributed by atoms with Gasteiger partial charge in [0.2, 0.25) is 10.0 Å². The Morgan fingerprint density at radius 1 is 1.00 bits per heavy atom. The van der Waals surface area contributed by atoms with Crippen molar-refractivity contribution >= 4 is 32.7 Å². The van der Waals surface area contributed by atoms with E-state index in [1.807, 2.05) is 0 Å². The molecule has 4 aromatic rings. The van der Waals surface area contributed by atoms with Gasteiger partial charge in [-0.2, -0.15) is 0 Å². The third-order valence-corrected chi connectivity index (χ3v) is 7.76. The molecule has 0 aliphatic rings. The Bertz CT molecular complexity index is 1520. The molecule has 0 saturated heterocycles. The Balaban J connectivity index is 1.79. The van der Waals surface area contributed by atoms with Crippen molar-refractivity contribution in [1.29, 1.82) is 0 Å². The summed E-state index contributed by atoms with van der Waals surface area (Å²) in [5.41, 5.74) is 0.507. The van der Waals surface area contributed by atoms with Crippen LogP contribution >= 0.6 is 11.8 Å². The molecule has 33 heavy (non-hydrogen) atoms. The fraction of sp³-hybridized carbons (Fsp3) is 0.130. The molecule has 10 heteroatoms. The van der Waals surface area contributed by atoms with E-state index in [-0.39, 0.29) is 21.5 Å². The first-order valence-electron chi connectivity index (χ1n) is 9.80. The summed E-state index contributed by atoms with van der Waals surface area (Å²) in [4.78, 5) is 17.9. The maximum Gasteiger partial charge on any atom is 0.266 e. The predicted molar refractivity (Wildman–Crippen MR) is 124 cm³/mol. The second kappa shape index (κ2) is 9.05. The maximum atomic E-state index is 14.6. The summed E-state index contributed by atoms with van der Waals surface area (Å²) in [5.74, 6) is -1.38. The van der Waals surface area contributed by atoms with Gasteiger partial charge in [0.1, 0.15) is 11.6 Å². The van der Waals surface area contributed by atoms with Gasteiger partial charge in [0, 0.05) is 25.9 Å². The fourth-order valence-electron chi connectivity index (χ4n) is 3.24. The van der Waals surface area contributed by atoms with E-state index < -0.39 is 27.2 Å². The molecule has 3 aromatic carbocycles. The van der Waals surface area contributed by atoms with E-state index in [1.54, 1.807) is 42.5 Å². The highest BCUT2D eigenvalue weighted by Crippen LogP contribution is 2.27. The fourth-order valence-corrected chi connectivity index (χ4v) is 5.16. The number of nitrogens with zero attached hydrogens (tertiary/aromatic N) is 3. The van der Waals surface area contributed by atoms with Gasteiger partial charge < -0.3 is 0 Å². The molecule has 6 nitrogen and oxygen atoms in total. The van der Waals surface area contributed by atoms with Crippen molar-refractivity contribution in [2.45, 2.75) is 15.8 Å². The van der Waals surface area contributed by atoms with Gasteiger partial charge in [0.25, 0.3) is 5.56 Å². The number of aromatic nitrogens is 2. The van der Waals surface area contributed by atoms with E-state index in [1.165, 1.54) is 26.2 Å². The van der Waals surface area contributed by atoms with E-state index in [2.05, 4.69) is 4.98 Å². The van der Waals surface area contributed by atoms with Crippen LogP contribution in [-0.4, -0.2) is 36.4 Å². The topological polar surface area (TPSA) is 72.3 Å². The summed E-state index contributed by atoms with van der Waals surface area (Å²) < 4.78 is 55.2. The molecule has 1 aromatic heterocycles. The van der Waals surface area contributed by atoms with Crippen LogP contribution in [0.2, 0.25) is 0 Å². The number of fused-ring (bicyclic) bond motifs is 1. The van der Waals surface area contributed by atoms with E-state index in [4.69, 9.17) is 0 Å². The number of hydrogen-bond donors (Lipinski definition) is 0. The highest BCUT2D eigenvalue weighted by atomic mass is 32.2. The van der Waals surface area contributed by atoms with Crippen molar-refractivity contribution in [1.82, 2.24) is 13.9 Å². The van der Waals surface area contributed by atoms with Gasteiger partial charge >= 0.3 is 0 Å². The van der Waals surface area contributed by atoms with Crippen LogP contribution in [0.3, 0.4) is 0 Å². The minimum absolute atomic E-state index is 0.119. The quantitative estimate of drug-likeness (QED) is 0.301. The summed E-state index contributed by atoms with van der Waals surface area (Å²) in [7, 11) is -0.710. The van der Waals surface area contributed by atoms with E-state index in [9.17, 15) is 22.0 Å². The molecule has 0 spiro atoms. The van der Waals surface area contributed by atoms with Crippen LogP contribution < -0.4 is 5.56 Å². The van der Waals surface area contributed by atoms with Crippen LogP contribution in [0.25, 0.3) is 16.6 Å². The lowest BCUT2D eigenvalue weighted by molar-refractivity contribution is 0.520. The Morgan fingerprint density at radius 2 is 1.76 bits per heavy atom. The summed E-state index contributed by atoms with van der Waals surface area (Å²) >= 11 is 1.15. The van der Waals surface area contributed by atoms with Crippen LogP contribution in [0.4, 0.5) is 8.78 Å². The number of benzene rings is 3. The van der Waals surface area contributed by atoms with Gasteiger partial charge in [0.05, 0.1) is 21.5 Å². The second-order valence-electron chi connectivity index (χ2n) is 7.37. The first-order chi connectivity index (χ1) is 15.7. The lowest BCUT2D eigenvalue weighted by Gasteiger charge is -2.15. The zero-order valence-corrected chi connectivity index (χ0v) is 19.3. The zero-order chi connectivity index (χ0) is 23.8. The number of rotatable bonds is 6. The van der Waals surface area contributed by atoms with Gasteiger partial charge in [-0.05, 0) is 42.0 Å². The molecule has 0 atom stereocenters. The summed E-state index contributed by atoms with van der Waals surface area (Å²) in [6, 6.07) is 16.1. The van der Waals surface area contributed by atoms with Crippen LogP contribution in [0.1, 0.15) is 5.56 Å². The molecular weight excluding hydrogens is 468 g/mol. The predicted octanol–water partition coefficient (Wildman–Crippen LogP) is 4.21. The van der Waals surface area contributed by atoms with E-state index >= 15 is 0 Å². The average Bonchev–Trinajstić information content (AvgIpc) is 2.79. The molecule has 0 bridgehead atoms. The standard InChI is InChI=1S/C23H19F2N3O3S2/c1-27(2)33(30,31)17-7-5-6-15(12-17)14-32-23-26-20-9-4-3-8-18(20)22(29)28(23)21-11-10-16(24)13-19(21)25/h3-13H,14H2,1-2H3. The normalized spacial score (nSPS) is 11.9. The molecular formula is C23H19F2N3O3S2. The lowest BCUT2D eigenvalue weighted by Crippen LogP contribution is -2.23. The maximum absolute atomic E-state index is 14.6. The van der Waals surface area contributed by atoms with Crippen molar-refractivity contribution < 1.29 is 17.2 Å². The van der Waals surface area contributed by atoms with Crippen molar-refractivity contribution in [3.63, 3.8) is 0 Å². The number of thioether (sulfide) groups is 1. The molecule has 0 saturated carbocycles. The molecule has 0 radical (unpaired) electrons. The van der Waals surface area contributed by atoms with Crippen molar-refractivity contribution in [2.24, 2.45) is 0 Å². The largest absolute Gasteiger partial charge is 0.268 e. The van der Waals surface area contributed by atoms with Crippen LogP contribution in [0.5, 0.6) is 0 Å². The summed E-state index contributed by atoms with van der Waals surface area (Å²) in [5, 5.41) is 0.495. The van der Waals surface area contributed by atoms with Crippen molar-refractivity contribution in [3.05, 3.63) is 94.3 Å². The van der Waals surface area contributed by atoms with Gasteiger partial charge in [-0.3, -0.25) is 9.36 Å². The molecule has 170 valence electrons. The Labute approximate surface area is 193 Å². The third-order valence-electron chi connectivity index (χ3n) is 4.94. The smallest absolute Gasteiger partial charge is 0.266 e. The molecule has 0 unspecified atom stereocenters. The number of hydrogen-bond acceptors (Lipinski definition) is 5. The summed E-state index contributed by atoms with van der Waals surface area (Å²) in [6.45, 7) is 0. The Morgan fingerprint density at radius 3 is 2.48 bits per heavy atom. The Hall–Kier alpha value is -3.08. The van der Waals surface area contributed by atoms with Gasteiger partial charge in [-0.1, -0.05) is 36.0 Å². The van der Waals surface area contributed by atoms with E-state index in [0.29, 0.717) is 22.5 Å². The molecule has 0 amide bonds. The number of para-hydroxylation sites is 1. The highest BCUT2D eigenvalue weighted by Gasteiger charge is 2.19. The zero-order valence-electron chi connectivity index (χ0n) is 17.7. The average molecular weight is 488 g/mol. The van der Waals surface area contributed by atoms with Crippen molar-refractivity contribution in [2.75, 3.05) is 14.1 Å². The lowest BCUT2D eigenvalue weighted by atomic mass is 10.2. The number of sulfonamides is 1. The Kier molecular flexibility index (Phi) is 6.33. The number of halogens is 2. The molecule has 0 fully saturated rings. The molecule has 0 aliphatic carbocycles. The second-order valence-corrected chi connectivity index (χ2v) is 10.5. The highest BCUT2D eigenvalue weighted by molar-refractivity contribution is 7.98. The van der Waals surface area contributed by atoms with Gasteiger partial charge in [0.15, 0.2) is 5.16 Å². The monoisotopic (exact) mass is 487 g/mol. The van der Waals surface area contributed by atoms with Gasteiger partial charge in [-0.15, -0.1) is 0 Å². The molecule has 4 rings (SSSR count). The first kappa shape index (κ1) is 23.1. The third kappa shape index (κ3) is 4.54. The van der Waals surface area contributed by atoms with Crippen LogP contribution in [0, 0.1) is 11.6 Å². The van der Waals surface area contributed by atoms with Gasteiger partial charge in [-0.25, -0.2) is 26.5 Å². The minimum atomic E-state index is -3.61. The van der Waals surface area contributed by atoms with Crippen LogP contribution in [-0.2, 0) is 15.8 Å². The summed E-state index contributed by atoms with van der Waals surface area (Å²) in [6.07, 6.45) is 0. The molecule has 0 N–H and O–H groups in total. The molecule has 0 aliphatic heterocycles. The first-order valence-corrected chi connectivity index (χ1v) is 12.2. The van der Waals surface area contributed by atoms with Crippen LogP contribution in [0.15, 0.2) is 81.6 Å². The molecule has 1 heterocycles. The minimum Gasteiger partial charge on any atom is -0.268 e. The SMILES string of the molecule is CN(C)S(=O)(=O)c1cccc(CSc2nc3ccccc3c(=O)n2-c2ccc(F)cc2F)c1. The van der Waals surface area contributed by atoms with E-state index in [0.717, 1.165) is 26.7 Å². The van der Waals surface area contributed by atoms with Crippen molar-refractivity contribution in [3.8, 4) is 5.69 Å².